The Morgan fingerprint density at radius 3 is 2.43 bits per heavy atom. The number of para-hydroxylation sites is 1. The van der Waals surface area contributed by atoms with E-state index in [0.717, 1.165) is 44.2 Å². The average Bonchev–Trinajstić information content (AvgIpc) is 3.27. The second-order valence-electron chi connectivity index (χ2n) is 7.09. The normalized spacial score (nSPS) is 15.3. The van der Waals surface area contributed by atoms with Crippen molar-refractivity contribution < 1.29 is 9.59 Å². The van der Waals surface area contributed by atoms with E-state index in [-0.39, 0.29) is 11.1 Å². The van der Waals surface area contributed by atoms with Crippen LogP contribution in [-0.4, -0.2) is 15.7 Å². The number of benzene rings is 1. The number of nitriles is 1. The molecule has 0 saturated carbocycles. The maximum absolute atomic E-state index is 12.9. The first-order valence-electron chi connectivity index (χ1n) is 9.36. The number of aromatic nitrogens is 1. The van der Waals surface area contributed by atoms with Gasteiger partial charge < -0.3 is 4.57 Å². The standard InChI is InChI=1S/C23H19N3O2S2/c1-13-10-17(15(3)25(13)22-19(12-24)14(2)16(4)29-22)11-20-21(27)26(23(28)30-20)18-8-6-5-7-9-18/h5-11H,1-4H3/b20-11-. The molecule has 1 aliphatic heterocycles. The van der Waals surface area contributed by atoms with E-state index in [0.29, 0.717) is 16.2 Å². The summed E-state index contributed by atoms with van der Waals surface area (Å²) >= 11 is 2.53. The lowest BCUT2D eigenvalue weighted by molar-refractivity contribution is -0.113. The van der Waals surface area contributed by atoms with Crippen molar-refractivity contribution >= 4 is 46.0 Å². The number of thioether (sulfide) groups is 1. The third kappa shape index (κ3) is 3.18. The van der Waals surface area contributed by atoms with Crippen molar-refractivity contribution in [3.63, 3.8) is 0 Å². The molecule has 0 radical (unpaired) electrons. The summed E-state index contributed by atoms with van der Waals surface area (Å²) < 4.78 is 2.05. The molecule has 1 saturated heterocycles. The van der Waals surface area contributed by atoms with Crippen LogP contribution in [0.4, 0.5) is 10.5 Å². The van der Waals surface area contributed by atoms with E-state index in [1.807, 2.05) is 39.8 Å². The van der Waals surface area contributed by atoms with Crippen LogP contribution in [0.3, 0.4) is 0 Å². The van der Waals surface area contributed by atoms with Gasteiger partial charge in [-0.2, -0.15) is 5.26 Å². The maximum atomic E-state index is 12.9. The number of carbonyl (C=O) groups excluding carboxylic acids is 2. The van der Waals surface area contributed by atoms with Crippen LogP contribution in [-0.2, 0) is 4.79 Å². The van der Waals surface area contributed by atoms with Gasteiger partial charge >= 0.3 is 0 Å². The van der Waals surface area contributed by atoms with Crippen LogP contribution < -0.4 is 4.90 Å². The number of anilines is 1. The molecule has 5 nitrogen and oxygen atoms in total. The van der Waals surface area contributed by atoms with E-state index in [9.17, 15) is 14.9 Å². The summed E-state index contributed by atoms with van der Waals surface area (Å²) in [6, 6.07) is 13.2. The van der Waals surface area contributed by atoms with Gasteiger partial charge in [-0.15, -0.1) is 11.3 Å². The Bertz CT molecular complexity index is 1260. The zero-order valence-electron chi connectivity index (χ0n) is 17.0. The van der Waals surface area contributed by atoms with Crippen molar-refractivity contribution in [1.82, 2.24) is 4.57 Å². The highest BCUT2D eigenvalue weighted by Gasteiger charge is 2.36. The topological polar surface area (TPSA) is 66.1 Å². The van der Waals surface area contributed by atoms with Crippen LogP contribution in [0.5, 0.6) is 0 Å². The molecular weight excluding hydrogens is 414 g/mol. The predicted octanol–water partition coefficient (Wildman–Crippen LogP) is 5.89. The average molecular weight is 434 g/mol. The molecule has 0 aliphatic carbocycles. The highest BCUT2D eigenvalue weighted by atomic mass is 32.2. The molecule has 1 aliphatic rings. The first-order chi connectivity index (χ1) is 14.3. The van der Waals surface area contributed by atoms with Crippen LogP contribution in [0.1, 0.15) is 33.0 Å². The van der Waals surface area contributed by atoms with Gasteiger partial charge in [-0.25, -0.2) is 4.90 Å². The van der Waals surface area contributed by atoms with E-state index < -0.39 is 0 Å². The summed E-state index contributed by atoms with van der Waals surface area (Å²) in [5.74, 6) is -0.318. The Balaban J connectivity index is 1.76. The van der Waals surface area contributed by atoms with E-state index in [4.69, 9.17) is 0 Å². The summed E-state index contributed by atoms with van der Waals surface area (Å²) in [7, 11) is 0. The summed E-state index contributed by atoms with van der Waals surface area (Å²) in [5, 5.41) is 10.2. The van der Waals surface area contributed by atoms with E-state index in [2.05, 4.69) is 10.6 Å². The van der Waals surface area contributed by atoms with Gasteiger partial charge in [-0.05, 0) is 74.9 Å². The third-order valence-electron chi connectivity index (χ3n) is 5.25. The van der Waals surface area contributed by atoms with Crippen molar-refractivity contribution in [2.24, 2.45) is 0 Å². The zero-order chi connectivity index (χ0) is 21.6. The fourth-order valence-corrected chi connectivity index (χ4v) is 5.60. The van der Waals surface area contributed by atoms with Crippen LogP contribution in [0.2, 0.25) is 0 Å². The van der Waals surface area contributed by atoms with E-state index >= 15 is 0 Å². The lowest BCUT2D eigenvalue weighted by Crippen LogP contribution is -2.27. The second-order valence-corrected chi connectivity index (χ2v) is 9.29. The number of imide groups is 1. The first kappa shape index (κ1) is 20.2. The minimum Gasteiger partial charge on any atom is -0.308 e. The van der Waals surface area contributed by atoms with E-state index in [1.165, 1.54) is 4.90 Å². The summed E-state index contributed by atoms with van der Waals surface area (Å²) in [6.45, 7) is 7.92. The number of nitrogens with zero attached hydrogens (tertiary/aromatic N) is 3. The summed E-state index contributed by atoms with van der Waals surface area (Å²) in [5.41, 5.74) is 5.00. The Morgan fingerprint density at radius 1 is 1.07 bits per heavy atom. The van der Waals surface area contributed by atoms with Crippen molar-refractivity contribution in [3.8, 4) is 11.1 Å². The summed E-state index contributed by atoms with van der Waals surface area (Å²) in [6.07, 6.45) is 1.77. The highest BCUT2D eigenvalue weighted by molar-refractivity contribution is 8.19. The molecule has 0 N–H and O–H groups in total. The molecule has 30 heavy (non-hydrogen) atoms. The van der Waals surface area contributed by atoms with Gasteiger partial charge in [0, 0.05) is 16.3 Å². The van der Waals surface area contributed by atoms with Crippen LogP contribution in [0, 0.1) is 39.0 Å². The van der Waals surface area contributed by atoms with Crippen molar-refractivity contribution in [2.45, 2.75) is 27.7 Å². The van der Waals surface area contributed by atoms with Gasteiger partial charge in [0.15, 0.2) is 0 Å². The largest absolute Gasteiger partial charge is 0.308 e. The number of hydrogen-bond donors (Lipinski definition) is 0. The Kier molecular flexibility index (Phi) is 5.14. The molecule has 4 rings (SSSR count). The Labute approximate surface area is 183 Å². The van der Waals surface area contributed by atoms with Crippen molar-refractivity contribution in [3.05, 3.63) is 74.3 Å². The van der Waals surface area contributed by atoms with Gasteiger partial charge in [0.2, 0.25) is 0 Å². The number of carbonyl (C=O) groups is 2. The van der Waals surface area contributed by atoms with Gasteiger partial charge in [-0.1, -0.05) is 18.2 Å². The molecule has 2 amide bonds. The monoisotopic (exact) mass is 433 g/mol. The second kappa shape index (κ2) is 7.63. The molecule has 150 valence electrons. The van der Waals surface area contributed by atoms with Gasteiger partial charge in [-0.3, -0.25) is 9.59 Å². The molecule has 0 atom stereocenters. The van der Waals surface area contributed by atoms with Crippen molar-refractivity contribution in [1.29, 1.82) is 5.26 Å². The molecule has 1 fully saturated rings. The number of hydrogen-bond acceptors (Lipinski definition) is 5. The predicted molar refractivity (Wildman–Crippen MR) is 122 cm³/mol. The SMILES string of the molecule is Cc1sc(-n2c(C)cc(/C=C3\SC(=O)N(c4ccccc4)C3=O)c2C)c(C#N)c1C. The summed E-state index contributed by atoms with van der Waals surface area (Å²) in [4.78, 5) is 28.1. The van der Waals surface area contributed by atoms with Crippen molar-refractivity contribution in [2.75, 3.05) is 4.90 Å². The fraction of sp³-hybridized carbons (Fsp3) is 0.174. The Morgan fingerprint density at radius 2 is 1.77 bits per heavy atom. The van der Waals surface area contributed by atoms with E-state index in [1.54, 1.807) is 41.7 Å². The molecule has 2 aromatic heterocycles. The first-order valence-corrected chi connectivity index (χ1v) is 11.0. The number of amides is 2. The van der Waals surface area contributed by atoms with Gasteiger partial charge in [0.1, 0.15) is 11.1 Å². The Hall–Kier alpha value is -3.08. The molecule has 0 spiro atoms. The molecule has 3 heterocycles. The molecule has 3 aromatic rings. The quantitative estimate of drug-likeness (QED) is 0.484. The molecule has 0 unspecified atom stereocenters. The molecule has 0 bridgehead atoms. The van der Waals surface area contributed by atoms with Crippen LogP contribution in [0.25, 0.3) is 11.1 Å². The number of rotatable bonds is 3. The number of thiophene rings is 1. The molecule has 1 aromatic carbocycles. The smallest absolute Gasteiger partial charge is 0.298 e. The lowest BCUT2D eigenvalue weighted by Gasteiger charge is -2.11. The number of aryl methyl sites for hydroxylation is 2. The lowest BCUT2D eigenvalue weighted by atomic mass is 10.2. The van der Waals surface area contributed by atoms with Gasteiger partial charge in [0.25, 0.3) is 11.1 Å². The molecule has 7 heteroatoms. The zero-order valence-corrected chi connectivity index (χ0v) is 18.6. The van der Waals surface area contributed by atoms with Crippen LogP contribution in [0.15, 0.2) is 41.3 Å². The fourth-order valence-electron chi connectivity index (χ4n) is 3.55. The third-order valence-corrected chi connectivity index (χ3v) is 7.31. The minimum atomic E-state index is -0.318. The highest BCUT2D eigenvalue weighted by Crippen LogP contribution is 2.38. The molecular formula is C23H19N3O2S2. The maximum Gasteiger partial charge on any atom is 0.298 e. The van der Waals surface area contributed by atoms with Crippen LogP contribution >= 0.6 is 23.1 Å². The van der Waals surface area contributed by atoms with Gasteiger partial charge in [0.05, 0.1) is 16.2 Å². The minimum absolute atomic E-state index is 0.303.